The predicted octanol–water partition coefficient (Wildman–Crippen LogP) is 1.01. The van der Waals surface area contributed by atoms with Crippen molar-refractivity contribution >= 4 is 5.91 Å². The van der Waals surface area contributed by atoms with Crippen LogP contribution in [0, 0.1) is 5.92 Å². The molecule has 1 atom stereocenters. The molecule has 1 aromatic heterocycles. The first-order valence-corrected chi connectivity index (χ1v) is 6.71. The van der Waals surface area contributed by atoms with Crippen LogP contribution in [0.1, 0.15) is 37.9 Å². The van der Waals surface area contributed by atoms with E-state index in [4.69, 9.17) is 0 Å². The summed E-state index contributed by atoms with van der Waals surface area (Å²) < 4.78 is 0. The van der Waals surface area contributed by atoms with Crippen LogP contribution >= 0.6 is 0 Å². The second kappa shape index (κ2) is 6.54. The van der Waals surface area contributed by atoms with E-state index >= 15 is 0 Å². The Morgan fingerprint density at radius 2 is 2.28 bits per heavy atom. The number of hydrogen-bond acceptors (Lipinski definition) is 3. The van der Waals surface area contributed by atoms with Gasteiger partial charge in [-0.25, -0.2) is 4.98 Å². The topological polar surface area (TPSA) is 78.0 Å². The average Bonchev–Trinajstić information content (AvgIpc) is 2.92. The van der Waals surface area contributed by atoms with Gasteiger partial charge in [0.25, 0.3) is 0 Å². The molecule has 0 unspecified atom stereocenters. The fourth-order valence-corrected chi connectivity index (χ4v) is 2.51. The molecule has 5 heteroatoms. The van der Waals surface area contributed by atoms with Gasteiger partial charge >= 0.3 is 0 Å². The number of aliphatic hydroxyl groups is 1. The second-order valence-corrected chi connectivity index (χ2v) is 4.92. The monoisotopic (exact) mass is 251 g/mol. The molecular formula is C13H21N3O2. The number of aromatic nitrogens is 2. The number of amides is 1. The van der Waals surface area contributed by atoms with E-state index in [0.29, 0.717) is 13.0 Å². The highest BCUT2D eigenvalue weighted by atomic mass is 16.3. The third kappa shape index (κ3) is 3.57. The van der Waals surface area contributed by atoms with Crippen molar-refractivity contribution in [1.29, 1.82) is 0 Å². The molecule has 1 aromatic rings. The lowest BCUT2D eigenvalue weighted by molar-refractivity contribution is -0.132. The summed E-state index contributed by atoms with van der Waals surface area (Å²) in [6.07, 6.45) is 8.67. The molecule has 1 saturated carbocycles. The van der Waals surface area contributed by atoms with Gasteiger partial charge in [0.15, 0.2) is 0 Å². The number of H-pyrrole nitrogens is 1. The Bertz CT molecular complexity index is 358. The summed E-state index contributed by atoms with van der Waals surface area (Å²) in [5, 5.41) is 12.7. The molecule has 1 fully saturated rings. The molecule has 2 rings (SSSR count). The van der Waals surface area contributed by atoms with E-state index in [9.17, 15) is 9.90 Å². The van der Waals surface area contributed by atoms with Crippen LogP contribution in [0.4, 0.5) is 0 Å². The number of carbonyl (C=O) groups excluding carboxylic acids is 1. The standard InChI is InChI=1S/C13H21N3O2/c17-12(10-4-2-1-3-5-10)13(18)16-7-6-11-14-8-9-15-11/h8-10,12,17H,1-7H2,(H,14,15)(H,16,18)/t12-/m1/s1. The first-order valence-electron chi connectivity index (χ1n) is 6.71. The van der Waals surface area contributed by atoms with Crippen molar-refractivity contribution in [2.75, 3.05) is 6.54 Å². The van der Waals surface area contributed by atoms with Gasteiger partial charge < -0.3 is 15.4 Å². The summed E-state index contributed by atoms with van der Waals surface area (Å²) in [5.74, 6) is 0.748. The Balaban J connectivity index is 1.70. The second-order valence-electron chi connectivity index (χ2n) is 4.92. The van der Waals surface area contributed by atoms with E-state index in [1.807, 2.05) is 0 Å². The maximum atomic E-state index is 11.8. The van der Waals surface area contributed by atoms with E-state index in [-0.39, 0.29) is 11.8 Å². The van der Waals surface area contributed by atoms with Gasteiger partial charge in [-0.1, -0.05) is 19.3 Å². The molecule has 0 aliphatic heterocycles. The summed E-state index contributed by atoms with van der Waals surface area (Å²) in [6, 6.07) is 0. The molecule has 0 bridgehead atoms. The van der Waals surface area contributed by atoms with Crippen molar-refractivity contribution in [1.82, 2.24) is 15.3 Å². The van der Waals surface area contributed by atoms with Crippen molar-refractivity contribution in [2.24, 2.45) is 5.92 Å². The third-order valence-corrected chi connectivity index (χ3v) is 3.58. The number of nitrogens with zero attached hydrogens (tertiary/aromatic N) is 1. The summed E-state index contributed by atoms with van der Waals surface area (Å²) in [6.45, 7) is 0.510. The lowest BCUT2D eigenvalue weighted by Crippen LogP contribution is -2.40. The highest BCUT2D eigenvalue weighted by molar-refractivity contribution is 5.80. The quantitative estimate of drug-likeness (QED) is 0.731. The van der Waals surface area contributed by atoms with Gasteiger partial charge in [0.2, 0.25) is 5.91 Å². The van der Waals surface area contributed by atoms with Crippen LogP contribution in [0.15, 0.2) is 12.4 Å². The zero-order valence-corrected chi connectivity index (χ0v) is 10.6. The summed E-state index contributed by atoms with van der Waals surface area (Å²) in [5.41, 5.74) is 0. The van der Waals surface area contributed by atoms with Gasteiger partial charge in [-0.2, -0.15) is 0 Å². The molecule has 18 heavy (non-hydrogen) atoms. The molecule has 3 N–H and O–H groups in total. The number of imidazole rings is 1. The maximum absolute atomic E-state index is 11.8. The smallest absolute Gasteiger partial charge is 0.249 e. The Kier molecular flexibility index (Phi) is 4.75. The van der Waals surface area contributed by atoms with Gasteiger partial charge in [-0.3, -0.25) is 4.79 Å². The first-order chi connectivity index (χ1) is 8.77. The van der Waals surface area contributed by atoms with Crippen LogP contribution in [0.5, 0.6) is 0 Å². The molecule has 0 radical (unpaired) electrons. The summed E-state index contributed by atoms with van der Waals surface area (Å²) in [7, 11) is 0. The molecule has 0 spiro atoms. The molecule has 1 aliphatic carbocycles. The number of aromatic amines is 1. The lowest BCUT2D eigenvalue weighted by atomic mass is 9.85. The van der Waals surface area contributed by atoms with Crippen molar-refractivity contribution in [3.05, 3.63) is 18.2 Å². The molecular weight excluding hydrogens is 230 g/mol. The van der Waals surface area contributed by atoms with Crippen LogP contribution in [0.25, 0.3) is 0 Å². The van der Waals surface area contributed by atoms with Crippen molar-refractivity contribution in [3.8, 4) is 0 Å². The van der Waals surface area contributed by atoms with E-state index in [0.717, 1.165) is 31.5 Å². The number of nitrogens with one attached hydrogen (secondary N) is 2. The van der Waals surface area contributed by atoms with Crippen molar-refractivity contribution in [3.63, 3.8) is 0 Å². The molecule has 1 aliphatic rings. The van der Waals surface area contributed by atoms with E-state index in [1.54, 1.807) is 12.4 Å². The fourth-order valence-electron chi connectivity index (χ4n) is 2.51. The molecule has 0 saturated heterocycles. The average molecular weight is 251 g/mol. The predicted molar refractivity (Wildman–Crippen MR) is 67.9 cm³/mol. The number of carbonyl (C=O) groups is 1. The fraction of sp³-hybridized carbons (Fsp3) is 0.692. The van der Waals surface area contributed by atoms with E-state index in [1.165, 1.54) is 6.42 Å². The highest BCUT2D eigenvalue weighted by Gasteiger charge is 2.26. The normalized spacial score (nSPS) is 18.5. The van der Waals surface area contributed by atoms with Crippen LogP contribution in [0.3, 0.4) is 0 Å². The van der Waals surface area contributed by atoms with Crippen molar-refractivity contribution in [2.45, 2.75) is 44.6 Å². The summed E-state index contributed by atoms with van der Waals surface area (Å²) >= 11 is 0. The molecule has 1 heterocycles. The third-order valence-electron chi connectivity index (χ3n) is 3.58. The van der Waals surface area contributed by atoms with Crippen molar-refractivity contribution < 1.29 is 9.90 Å². The van der Waals surface area contributed by atoms with E-state index in [2.05, 4.69) is 15.3 Å². The molecule has 100 valence electrons. The minimum atomic E-state index is -0.845. The van der Waals surface area contributed by atoms with Gasteiger partial charge in [-0.05, 0) is 18.8 Å². The Morgan fingerprint density at radius 3 is 2.94 bits per heavy atom. The van der Waals surface area contributed by atoms with Crippen LogP contribution < -0.4 is 5.32 Å². The Morgan fingerprint density at radius 1 is 1.50 bits per heavy atom. The largest absolute Gasteiger partial charge is 0.383 e. The van der Waals surface area contributed by atoms with Gasteiger partial charge in [0.1, 0.15) is 11.9 Å². The first kappa shape index (κ1) is 13.1. The van der Waals surface area contributed by atoms with Gasteiger partial charge in [0, 0.05) is 25.4 Å². The molecule has 5 nitrogen and oxygen atoms in total. The number of aliphatic hydroxyl groups excluding tert-OH is 1. The van der Waals surface area contributed by atoms with Crippen LogP contribution in [-0.4, -0.2) is 33.6 Å². The Labute approximate surface area is 107 Å². The molecule has 1 amide bonds. The van der Waals surface area contributed by atoms with E-state index < -0.39 is 6.10 Å². The minimum absolute atomic E-state index is 0.141. The van der Waals surface area contributed by atoms with Crippen LogP contribution in [0.2, 0.25) is 0 Å². The van der Waals surface area contributed by atoms with Gasteiger partial charge in [-0.15, -0.1) is 0 Å². The Hall–Kier alpha value is -1.36. The number of hydrogen-bond donors (Lipinski definition) is 3. The summed E-state index contributed by atoms with van der Waals surface area (Å²) in [4.78, 5) is 18.8. The number of rotatable bonds is 5. The van der Waals surface area contributed by atoms with Crippen LogP contribution in [-0.2, 0) is 11.2 Å². The lowest BCUT2D eigenvalue weighted by Gasteiger charge is -2.25. The maximum Gasteiger partial charge on any atom is 0.249 e. The molecule has 0 aromatic carbocycles. The zero-order chi connectivity index (χ0) is 12.8. The SMILES string of the molecule is O=C(NCCc1ncc[nH]1)[C@H](O)C1CCCCC1. The van der Waals surface area contributed by atoms with Gasteiger partial charge in [0.05, 0.1) is 0 Å². The highest BCUT2D eigenvalue weighted by Crippen LogP contribution is 2.26. The minimum Gasteiger partial charge on any atom is -0.383 e. The zero-order valence-electron chi connectivity index (χ0n) is 10.6.